The van der Waals surface area contributed by atoms with Gasteiger partial charge in [0.15, 0.2) is 5.13 Å². The summed E-state index contributed by atoms with van der Waals surface area (Å²) >= 11 is 1.59. The van der Waals surface area contributed by atoms with Crippen LogP contribution in [0, 0.1) is 6.92 Å². The maximum Gasteiger partial charge on any atom is 0.335 e. The second-order valence-electron chi connectivity index (χ2n) is 8.10. The van der Waals surface area contributed by atoms with Crippen LogP contribution in [-0.2, 0) is 0 Å². The van der Waals surface area contributed by atoms with Gasteiger partial charge in [-0.2, -0.15) is 0 Å². The maximum absolute atomic E-state index is 11.3. The van der Waals surface area contributed by atoms with Gasteiger partial charge in [0.2, 0.25) is 0 Å². The Balaban J connectivity index is 1.66. The van der Waals surface area contributed by atoms with Gasteiger partial charge in [0.05, 0.1) is 28.1 Å². The Morgan fingerprint density at radius 1 is 1.25 bits per heavy atom. The van der Waals surface area contributed by atoms with Crippen molar-refractivity contribution in [1.82, 2.24) is 19.4 Å². The zero-order chi connectivity index (χ0) is 22.8. The van der Waals surface area contributed by atoms with Crippen LogP contribution in [0.1, 0.15) is 40.9 Å². The smallest absolute Gasteiger partial charge is 0.335 e. The van der Waals surface area contributed by atoms with Crippen LogP contribution >= 0.6 is 11.3 Å². The molecule has 2 aromatic heterocycles. The number of nitrogens with one attached hydrogen (secondary N) is 1. The Bertz CT molecular complexity index is 1230. The number of carboxylic acid groups (broad SMARTS) is 1. The SMILES string of the molecule is CCC(C(c1ccc2nc(Nc3ccc(C(=O)O)c(C)c3)sc2c1)n1ccnc1)N(C)C. The number of carbonyl (C=O) groups is 1. The molecule has 0 bridgehead atoms. The van der Waals surface area contributed by atoms with E-state index in [0.717, 1.165) is 27.5 Å². The lowest BCUT2D eigenvalue weighted by Crippen LogP contribution is -2.36. The van der Waals surface area contributed by atoms with Crippen LogP contribution in [0.25, 0.3) is 10.2 Å². The molecule has 4 rings (SSSR count). The summed E-state index contributed by atoms with van der Waals surface area (Å²) in [4.78, 5) is 22.5. The molecule has 2 N–H and O–H groups in total. The lowest BCUT2D eigenvalue weighted by atomic mass is 9.96. The molecule has 2 atom stereocenters. The van der Waals surface area contributed by atoms with Gasteiger partial charge in [0.1, 0.15) is 0 Å². The van der Waals surface area contributed by atoms with Crippen molar-refractivity contribution >= 4 is 38.3 Å². The van der Waals surface area contributed by atoms with Crippen LogP contribution in [0.15, 0.2) is 55.1 Å². The third kappa shape index (κ3) is 4.37. The number of aromatic carboxylic acids is 1. The van der Waals surface area contributed by atoms with Crippen LogP contribution in [0.3, 0.4) is 0 Å². The third-order valence-electron chi connectivity index (χ3n) is 5.75. The van der Waals surface area contributed by atoms with Gasteiger partial charge < -0.3 is 19.9 Å². The molecule has 0 saturated heterocycles. The normalized spacial score (nSPS) is 13.4. The van der Waals surface area contributed by atoms with E-state index in [1.54, 1.807) is 30.4 Å². The van der Waals surface area contributed by atoms with Gasteiger partial charge in [-0.15, -0.1) is 0 Å². The number of likely N-dealkylation sites (N-methyl/N-ethyl adjacent to an activating group) is 1. The highest BCUT2D eigenvalue weighted by Crippen LogP contribution is 2.34. The Morgan fingerprint density at radius 3 is 2.69 bits per heavy atom. The van der Waals surface area contributed by atoms with Crippen molar-refractivity contribution in [2.24, 2.45) is 0 Å². The molecule has 166 valence electrons. The summed E-state index contributed by atoms with van der Waals surface area (Å²) in [7, 11) is 4.23. The minimum absolute atomic E-state index is 0.145. The number of aromatic nitrogens is 3. The molecule has 0 aliphatic heterocycles. The fraction of sp³-hybridized carbons (Fsp3) is 0.292. The van der Waals surface area contributed by atoms with Crippen LogP contribution in [0.5, 0.6) is 0 Å². The first kappa shape index (κ1) is 22.0. The molecule has 32 heavy (non-hydrogen) atoms. The lowest BCUT2D eigenvalue weighted by Gasteiger charge is -2.33. The average Bonchev–Trinajstić information content (AvgIpc) is 3.40. The molecule has 0 aliphatic rings. The van der Waals surface area contributed by atoms with E-state index in [9.17, 15) is 9.90 Å². The predicted molar refractivity (Wildman–Crippen MR) is 129 cm³/mol. The summed E-state index contributed by atoms with van der Waals surface area (Å²) < 4.78 is 3.27. The summed E-state index contributed by atoms with van der Waals surface area (Å²) in [6.45, 7) is 4.00. The van der Waals surface area contributed by atoms with E-state index in [1.165, 1.54) is 5.56 Å². The maximum atomic E-state index is 11.3. The minimum Gasteiger partial charge on any atom is -0.478 e. The van der Waals surface area contributed by atoms with E-state index in [0.29, 0.717) is 17.2 Å². The van der Waals surface area contributed by atoms with E-state index < -0.39 is 5.97 Å². The zero-order valence-corrected chi connectivity index (χ0v) is 19.4. The highest BCUT2D eigenvalue weighted by molar-refractivity contribution is 7.22. The second kappa shape index (κ2) is 9.10. The summed E-state index contributed by atoms with van der Waals surface area (Å²) in [6.07, 6.45) is 6.73. The molecule has 2 heterocycles. The largest absolute Gasteiger partial charge is 0.478 e. The lowest BCUT2D eigenvalue weighted by molar-refractivity contribution is 0.0696. The number of anilines is 2. The van der Waals surface area contributed by atoms with Gasteiger partial charge in [-0.3, -0.25) is 0 Å². The van der Waals surface area contributed by atoms with Gasteiger partial charge in [-0.25, -0.2) is 14.8 Å². The van der Waals surface area contributed by atoms with Crippen molar-refractivity contribution in [2.45, 2.75) is 32.4 Å². The molecular weight excluding hydrogens is 422 g/mol. The molecule has 8 heteroatoms. The molecule has 0 radical (unpaired) electrons. The average molecular weight is 450 g/mol. The number of hydrogen-bond acceptors (Lipinski definition) is 6. The number of carboxylic acids is 1. The summed E-state index contributed by atoms with van der Waals surface area (Å²) in [6, 6.07) is 12.1. The van der Waals surface area contributed by atoms with Gasteiger partial charge >= 0.3 is 5.97 Å². The summed E-state index contributed by atoms with van der Waals surface area (Å²) in [5.41, 5.74) is 3.99. The fourth-order valence-corrected chi connectivity index (χ4v) is 5.12. The molecule has 2 aromatic carbocycles. The zero-order valence-electron chi connectivity index (χ0n) is 18.6. The molecule has 0 fully saturated rings. The standard InChI is InChI=1S/C24H27N5O2S/c1-5-20(28(3)4)22(29-11-10-25-14-29)16-6-9-19-21(13-16)32-24(27-19)26-17-7-8-18(23(30)31)15(2)12-17/h6-14,20,22H,5H2,1-4H3,(H,26,27)(H,30,31). The van der Waals surface area contributed by atoms with Gasteiger partial charge in [0.25, 0.3) is 0 Å². The highest BCUT2D eigenvalue weighted by atomic mass is 32.1. The number of aryl methyl sites for hydroxylation is 1. The first-order valence-corrected chi connectivity index (χ1v) is 11.3. The van der Waals surface area contributed by atoms with Crippen LogP contribution in [-0.4, -0.2) is 50.6 Å². The van der Waals surface area contributed by atoms with Crippen molar-refractivity contribution in [3.8, 4) is 0 Å². The topological polar surface area (TPSA) is 83.3 Å². The van der Waals surface area contributed by atoms with Gasteiger partial charge in [-0.1, -0.05) is 24.3 Å². The monoisotopic (exact) mass is 449 g/mol. The molecular formula is C24H27N5O2S. The Hall–Kier alpha value is -3.23. The number of nitrogens with zero attached hydrogens (tertiary/aromatic N) is 4. The van der Waals surface area contributed by atoms with E-state index in [4.69, 9.17) is 4.98 Å². The van der Waals surface area contributed by atoms with Crippen molar-refractivity contribution in [3.63, 3.8) is 0 Å². The van der Waals surface area contributed by atoms with E-state index in [-0.39, 0.29) is 6.04 Å². The Kier molecular flexibility index (Phi) is 6.25. The van der Waals surface area contributed by atoms with E-state index >= 15 is 0 Å². The number of rotatable bonds is 8. The molecule has 0 amide bonds. The number of benzene rings is 2. The number of thiazole rings is 1. The first-order chi connectivity index (χ1) is 15.4. The fourth-order valence-electron chi connectivity index (χ4n) is 4.18. The quantitative estimate of drug-likeness (QED) is 0.386. The van der Waals surface area contributed by atoms with Crippen molar-refractivity contribution in [1.29, 1.82) is 0 Å². The Labute approximate surface area is 191 Å². The highest BCUT2D eigenvalue weighted by Gasteiger charge is 2.25. The van der Waals surface area contributed by atoms with E-state index in [1.807, 2.05) is 24.8 Å². The van der Waals surface area contributed by atoms with Gasteiger partial charge in [-0.05, 0) is 68.9 Å². The molecule has 0 saturated carbocycles. The molecule has 4 aromatic rings. The molecule has 0 aliphatic carbocycles. The third-order valence-corrected chi connectivity index (χ3v) is 6.69. The first-order valence-electron chi connectivity index (χ1n) is 10.5. The minimum atomic E-state index is -0.919. The Morgan fingerprint density at radius 2 is 2.06 bits per heavy atom. The number of fused-ring (bicyclic) bond motifs is 1. The second-order valence-corrected chi connectivity index (χ2v) is 9.13. The molecule has 0 spiro atoms. The van der Waals surface area contributed by atoms with Crippen molar-refractivity contribution < 1.29 is 9.90 Å². The van der Waals surface area contributed by atoms with Crippen LogP contribution in [0.4, 0.5) is 10.8 Å². The van der Waals surface area contributed by atoms with Crippen LogP contribution in [0.2, 0.25) is 0 Å². The van der Waals surface area contributed by atoms with Crippen molar-refractivity contribution in [3.05, 3.63) is 71.8 Å². The van der Waals surface area contributed by atoms with Crippen LogP contribution < -0.4 is 5.32 Å². The number of imidazole rings is 1. The predicted octanol–water partition coefficient (Wildman–Crippen LogP) is 5.17. The number of hydrogen-bond donors (Lipinski definition) is 2. The van der Waals surface area contributed by atoms with E-state index in [2.05, 4.69) is 59.0 Å². The molecule has 7 nitrogen and oxygen atoms in total. The van der Waals surface area contributed by atoms with Gasteiger partial charge in [0, 0.05) is 24.1 Å². The molecule has 2 unspecified atom stereocenters. The summed E-state index contributed by atoms with van der Waals surface area (Å²) in [5, 5.41) is 13.3. The van der Waals surface area contributed by atoms with Crippen molar-refractivity contribution in [2.75, 3.05) is 19.4 Å². The summed E-state index contributed by atoms with van der Waals surface area (Å²) in [5.74, 6) is -0.919.